The van der Waals surface area contributed by atoms with Crippen LogP contribution in [0.4, 0.5) is 5.69 Å². The normalized spacial score (nSPS) is 10.3. The predicted molar refractivity (Wildman–Crippen MR) is 104 cm³/mol. The van der Waals surface area contributed by atoms with Crippen molar-refractivity contribution in [2.75, 3.05) is 12.0 Å². The summed E-state index contributed by atoms with van der Waals surface area (Å²) < 4.78 is 11.1. The van der Waals surface area contributed by atoms with E-state index in [0.29, 0.717) is 29.5 Å². The molecular formula is C20H20N2O3S. The molecule has 3 aromatic rings. The zero-order valence-electron chi connectivity index (χ0n) is 14.4. The van der Waals surface area contributed by atoms with Crippen LogP contribution in [0.15, 0.2) is 66.0 Å². The van der Waals surface area contributed by atoms with Crippen molar-refractivity contribution in [3.63, 3.8) is 0 Å². The second kappa shape index (κ2) is 9.03. The Morgan fingerprint density at radius 1 is 1.04 bits per heavy atom. The van der Waals surface area contributed by atoms with E-state index in [1.54, 1.807) is 12.1 Å². The summed E-state index contributed by atoms with van der Waals surface area (Å²) in [6.07, 6.45) is 0. The van der Waals surface area contributed by atoms with Crippen molar-refractivity contribution in [3.05, 3.63) is 76.5 Å². The van der Waals surface area contributed by atoms with Crippen molar-refractivity contribution in [3.8, 4) is 11.5 Å². The van der Waals surface area contributed by atoms with Crippen molar-refractivity contribution < 1.29 is 14.3 Å². The predicted octanol–water partition coefficient (Wildman–Crippen LogP) is 4.48. The molecule has 0 saturated carbocycles. The zero-order valence-corrected chi connectivity index (χ0v) is 15.2. The highest BCUT2D eigenvalue weighted by Gasteiger charge is 2.14. The molecule has 0 aliphatic heterocycles. The summed E-state index contributed by atoms with van der Waals surface area (Å²) in [6, 6.07) is 18.9. The summed E-state index contributed by atoms with van der Waals surface area (Å²) in [7, 11) is 0. The van der Waals surface area contributed by atoms with Crippen LogP contribution in [-0.4, -0.2) is 12.6 Å². The van der Waals surface area contributed by atoms with E-state index in [-0.39, 0.29) is 5.97 Å². The Bertz CT molecular complexity index is 836. The third-order valence-corrected chi connectivity index (χ3v) is 4.38. The molecular weight excluding hydrogens is 348 g/mol. The number of thiophene rings is 1. The lowest BCUT2D eigenvalue weighted by Crippen LogP contribution is -2.20. The van der Waals surface area contributed by atoms with Gasteiger partial charge in [-0.05, 0) is 48.2 Å². The first-order valence-electron chi connectivity index (χ1n) is 8.31. The number of para-hydroxylation sites is 1. The van der Waals surface area contributed by atoms with E-state index in [9.17, 15) is 4.79 Å². The minimum atomic E-state index is -0.377. The Balaban J connectivity index is 1.65. The maximum Gasteiger partial charge on any atom is 0.353 e. The fourth-order valence-corrected chi connectivity index (χ4v) is 2.93. The fraction of sp³-hybridized carbons (Fsp3) is 0.150. The van der Waals surface area contributed by atoms with Crippen molar-refractivity contribution in [2.24, 2.45) is 0 Å². The maximum atomic E-state index is 12.2. The van der Waals surface area contributed by atoms with E-state index in [1.807, 2.05) is 60.8 Å². The second-order valence-corrected chi connectivity index (χ2v) is 6.37. The van der Waals surface area contributed by atoms with Gasteiger partial charge in [0.25, 0.3) is 0 Å². The zero-order chi connectivity index (χ0) is 18.2. The quantitative estimate of drug-likeness (QED) is 0.349. The van der Waals surface area contributed by atoms with E-state index in [1.165, 1.54) is 11.3 Å². The van der Waals surface area contributed by atoms with Gasteiger partial charge in [0.2, 0.25) is 0 Å². The summed E-state index contributed by atoms with van der Waals surface area (Å²) >= 11 is 1.35. The number of rotatable bonds is 8. The Morgan fingerprint density at radius 3 is 2.62 bits per heavy atom. The maximum absolute atomic E-state index is 12.2. The first kappa shape index (κ1) is 18.0. The highest BCUT2D eigenvalue weighted by atomic mass is 32.1. The van der Waals surface area contributed by atoms with Crippen molar-refractivity contribution in [1.82, 2.24) is 5.43 Å². The number of anilines is 1. The molecule has 0 unspecified atom stereocenters. The van der Waals surface area contributed by atoms with E-state index in [4.69, 9.17) is 9.47 Å². The number of carbonyl (C=O) groups excluding carboxylic acids is 1. The van der Waals surface area contributed by atoms with E-state index in [2.05, 4.69) is 10.9 Å². The Hall–Kier alpha value is -2.83. The summed E-state index contributed by atoms with van der Waals surface area (Å²) in [5.74, 6) is 0.596. The topological polar surface area (TPSA) is 59.6 Å². The molecule has 0 amide bonds. The highest BCUT2D eigenvalue weighted by molar-refractivity contribution is 7.12. The van der Waals surface area contributed by atoms with Crippen LogP contribution >= 0.6 is 11.3 Å². The van der Waals surface area contributed by atoms with Gasteiger partial charge in [0.1, 0.15) is 4.88 Å². The molecule has 0 radical (unpaired) electrons. The van der Waals surface area contributed by atoms with Gasteiger partial charge in [-0.25, -0.2) is 10.2 Å². The molecule has 0 bridgehead atoms. The largest absolute Gasteiger partial charge is 0.490 e. The number of benzene rings is 2. The molecule has 1 heterocycles. The molecule has 5 nitrogen and oxygen atoms in total. The fourth-order valence-electron chi connectivity index (χ4n) is 2.33. The van der Waals surface area contributed by atoms with Gasteiger partial charge in [-0.3, -0.25) is 0 Å². The lowest BCUT2D eigenvalue weighted by Gasteiger charge is -2.13. The number of hydrogen-bond donors (Lipinski definition) is 2. The van der Waals surface area contributed by atoms with E-state index < -0.39 is 0 Å². The molecule has 0 saturated heterocycles. The highest BCUT2D eigenvalue weighted by Crippen LogP contribution is 2.29. The molecule has 0 aliphatic carbocycles. The molecule has 0 fully saturated rings. The molecule has 0 spiro atoms. The summed E-state index contributed by atoms with van der Waals surface area (Å²) in [5.41, 5.74) is 8.29. The van der Waals surface area contributed by atoms with Gasteiger partial charge in [-0.15, -0.1) is 11.3 Å². The molecule has 3 rings (SSSR count). The lowest BCUT2D eigenvalue weighted by molar-refractivity contribution is 0.0733. The van der Waals surface area contributed by atoms with Crippen LogP contribution in [0.1, 0.15) is 22.2 Å². The minimum Gasteiger partial charge on any atom is -0.490 e. The van der Waals surface area contributed by atoms with Gasteiger partial charge in [0.15, 0.2) is 11.5 Å². The van der Waals surface area contributed by atoms with Gasteiger partial charge in [0, 0.05) is 12.2 Å². The molecule has 134 valence electrons. The van der Waals surface area contributed by atoms with Gasteiger partial charge >= 0.3 is 5.97 Å². The van der Waals surface area contributed by atoms with Gasteiger partial charge < -0.3 is 14.9 Å². The summed E-state index contributed by atoms with van der Waals surface area (Å²) in [5, 5.41) is 1.84. The molecule has 0 atom stereocenters. The molecule has 1 aromatic heterocycles. The van der Waals surface area contributed by atoms with Crippen LogP contribution in [-0.2, 0) is 6.54 Å². The van der Waals surface area contributed by atoms with Crippen molar-refractivity contribution in [2.45, 2.75) is 13.5 Å². The van der Waals surface area contributed by atoms with Gasteiger partial charge in [-0.1, -0.05) is 30.3 Å². The summed E-state index contributed by atoms with van der Waals surface area (Å²) in [4.78, 5) is 12.7. The third kappa shape index (κ3) is 4.84. The average molecular weight is 368 g/mol. The van der Waals surface area contributed by atoms with Crippen LogP contribution in [0.3, 0.4) is 0 Å². The van der Waals surface area contributed by atoms with Crippen LogP contribution in [0.2, 0.25) is 0 Å². The first-order chi connectivity index (χ1) is 12.8. The average Bonchev–Trinajstić information content (AvgIpc) is 3.20. The molecule has 2 aromatic carbocycles. The molecule has 2 N–H and O–H groups in total. The number of carbonyl (C=O) groups is 1. The SMILES string of the molecule is CCOc1cc(CNNc2ccccc2)ccc1OC(=O)c1cccs1. The van der Waals surface area contributed by atoms with Crippen LogP contribution in [0.25, 0.3) is 0 Å². The molecule has 0 aliphatic rings. The number of hydrazine groups is 1. The number of hydrogen-bond acceptors (Lipinski definition) is 6. The van der Waals surface area contributed by atoms with Crippen molar-refractivity contribution in [1.29, 1.82) is 0 Å². The van der Waals surface area contributed by atoms with Gasteiger partial charge in [0.05, 0.1) is 6.61 Å². The summed E-state index contributed by atoms with van der Waals surface area (Å²) in [6.45, 7) is 2.98. The monoisotopic (exact) mass is 368 g/mol. The van der Waals surface area contributed by atoms with Crippen LogP contribution in [0.5, 0.6) is 11.5 Å². The second-order valence-electron chi connectivity index (χ2n) is 5.43. The third-order valence-electron chi connectivity index (χ3n) is 3.53. The lowest BCUT2D eigenvalue weighted by atomic mass is 10.2. The van der Waals surface area contributed by atoms with Crippen LogP contribution in [0, 0.1) is 0 Å². The number of ether oxygens (including phenoxy) is 2. The number of nitrogens with one attached hydrogen (secondary N) is 2. The van der Waals surface area contributed by atoms with Gasteiger partial charge in [-0.2, -0.15) is 0 Å². The van der Waals surface area contributed by atoms with E-state index >= 15 is 0 Å². The number of esters is 1. The first-order valence-corrected chi connectivity index (χ1v) is 9.19. The Kier molecular flexibility index (Phi) is 6.24. The Labute approximate surface area is 156 Å². The molecule has 26 heavy (non-hydrogen) atoms. The molecule has 6 heteroatoms. The standard InChI is InChI=1S/C20H20N2O3S/c1-2-24-18-13-15(14-21-22-16-7-4-3-5-8-16)10-11-17(18)25-20(23)19-9-6-12-26-19/h3-13,21-22H,2,14H2,1H3. The smallest absolute Gasteiger partial charge is 0.353 e. The minimum absolute atomic E-state index is 0.377. The van der Waals surface area contributed by atoms with E-state index in [0.717, 1.165) is 11.3 Å². The van der Waals surface area contributed by atoms with Crippen molar-refractivity contribution >= 4 is 23.0 Å². The Morgan fingerprint density at radius 2 is 1.88 bits per heavy atom. The van der Waals surface area contributed by atoms with Crippen LogP contribution < -0.4 is 20.3 Å².